The van der Waals surface area contributed by atoms with Gasteiger partial charge in [-0.3, -0.25) is 19.2 Å². The van der Waals surface area contributed by atoms with Gasteiger partial charge < -0.3 is 10.2 Å². The van der Waals surface area contributed by atoms with Crippen LogP contribution in [0.2, 0.25) is 0 Å². The van der Waals surface area contributed by atoms with E-state index in [1.54, 1.807) is 0 Å². The molecule has 262 valence electrons. The summed E-state index contributed by atoms with van der Waals surface area (Å²) in [4.78, 5) is 54.7. The second-order valence-electron chi connectivity index (χ2n) is 13.7. The Morgan fingerprint density at radius 2 is 0.833 bits per heavy atom. The topological polar surface area (TPSA) is 109 Å². The molecule has 0 radical (unpaired) electrons. The Bertz CT molecular complexity index is 1390. The Morgan fingerprint density at radius 3 is 1.15 bits per heavy atom. The van der Waals surface area contributed by atoms with Gasteiger partial charge in [-0.25, -0.2) is 0 Å². The van der Waals surface area contributed by atoms with Gasteiger partial charge in [0, 0.05) is 33.4 Å². The second kappa shape index (κ2) is 19.9. The highest BCUT2D eigenvalue weighted by Crippen LogP contribution is 2.42. The summed E-state index contributed by atoms with van der Waals surface area (Å²) in [5.41, 5.74) is 4.63. The number of carbonyl (C=O) groups excluding carboxylic acids is 4. The van der Waals surface area contributed by atoms with Crippen molar-refractivity contribution in [1.29, 1.82) is 0 Å². The summed E-state index contributed by atoms with van der Waals surface area (Å²) in [6.07, 6.45) is 16.2. The van der Waals surface area contributed by atoms with Crippen molar-refractivity contribution < 1.29 is 29.4 Å². The monoisotopic (exact) mass is 658 g/mol. The maximum absolute atomic E-state index is 13.8. The van der Waals surface area contributed by atoms with Gasteiger partial charge in [-0.05, 0) is 106 Å². The van der Waals surface area contributed by atoms with E-state index >= 15 is 0 Å². The van der Waals surface area contributed by atoms with Crippen LogP contribution in [0, 0.1) is 0 Å². The highest BCUT2D eigenvalue weighted by atomic mass is 16.3. The number of Topliss-reactive ketones (excluding diaryl/α,β-unsaturated/α-hetero) is 4. The minimum Gasteiger partial charge on any atom is -0.507 e. The number of hydrogen-bond donors (Lipinski definition) is 2. The van der Waals surface area contributed by atoms with Crippen LogP contribution in [0.25, 0.3) is 0 Å². The van der Waals surface area contributed by atoms with E-state index in [0.717, 1.165) is 62.5 Å². The van der Waals surface area contributed by atoms with E-state index in [1.165, 1.54) is 11.1 Å². The molecular weight excluding hydrogens is 600 g/mol. The van der Waals surface area contributed by atoms with E-state index in [4.69, 9.17) is 0 Å². The van der Waals surface area contributed by atoms with Crippen molar-refractivity contribution in [3.8, 4) is 0 Å². The van der Waals surface area contributed by atoms with Gasteiger partial charge in [-0.15, -0.1) is 0 Å². The Hall–Kier alpha value is -3.80. The molecule has 0 aliphatic heterocycles. The average molecular weight is 659 g/mol. The summed E-state index contributed by atoms with van der Waals surface area (Å²) in [6.45, 7) is 16.1. The maximum Gasteiger partial charge on any atom is 0.233 e. The first kappa shape index (κ1) is 40.4. The van der Waals surface area contributed by atoms with Gasteiger partial charge in [-0.1, -0.05) is 86.1 Å². The minimum atomic E-state index is -0.763. The lowest BCUT2D eigenvalue weighted by molar-refractivity contribution is -0.132. The molecule has 0 fully saturated rings. The van der Waals surface area contributed by atoms with Gasteiger partial charge >= 0.3 is 0 Å². The molecule has 2 aliphatic carbocycles. The van der Waals surface area contributed by atoms with Crippen molar-refractivity contribution in [2.75, 3.05) is 0 Å². The molecule has 0 spiro atoms. The number of carbonyl (C=O) groups is 4. The van der Waals surface area contributed by atoms with Gasteiger partial charge in [0.05, 0.1) is 0 Å². The molecule has 0 unspecified atom stereocenters. The Balaban J connectivity index is 2.82. The largest absolute Gasteiger partial charge is 0.507 e. The number of rotatable bonds is 19. The number of allylic oxidation sites excluding steroid dienone is 14. The van der Waals surface area contributed by atoms with Crippen molar-refractivity contribution in [1.82, 2.24) is 0 Å². The highest BCUT2D eigenvalue weighted by Gasteiger charge is 2.42. The Kier molecular flexibility index (Phi) is 16.7. The normalized spacial score (nSPS) is 16.5. The van der Waals surface area contributed by atoms with E-state index in [9.17, 15) is 29.4 Å². The lowest BCUT2D eigenvalue weighted by Crippen LogP contribution is -2.31. The molecule has 0 aromatic heterocycles. The summed E-state index contributed by atoms with van der Waals surface area (Å²) < 4.78 is 0. The molecule has 0 atom stereocenters. The minimum absolute atomic E-state index is 0.0351. The van der Waals surface area contributed by atoms with E-state index in [-0.39, 0.29) is 70.6 Å². The molecule has 6 nitrogen and oxygen atoms in total. The molecule has 0 amide bonds. The average Bonchev–Trinajstić information content (AvgIpc) is 3.02. The molecule has 6 heteroatoms. The molecule has 0 saturated heterocycles. The molecule has 0 heterocycles. The highest BCUT2D eigenvalue weighted by molar-refractivity contribution is 6.52. The lowest BCUT2D eigenvalue weighted by Gasteiger charge is -2.28. The third-order valence-corrected chi connectivity index (χ3v) is 8.96. The molecule has 2 rings (SSSR count). The van der Waals surface area contributed by atoms with Gasteiger partial charge in [0.2, 0.25) is 23.1 Å². The zero-order valence-electron chi connectivity index (χ0n) is 30.7. The molecule has 2 N–H and O–H groups in total. The lowest BCUT2D eigenvalue weighted by atomic mass is 9.75. The van der Waals surface area contributed by atoms with Crippen LogP contribution in [-0.4, -0.2) is 33.3 Å². The smallest absolute Gasteiger partial charge is 0.233 e. The zero-order valence-corrected chi connectivity index (χ0v) is 30.7. The van der Waals surface area contributed by atoms with E-state index < -0.39 is 23.1 Å². The fourth-order valence-corrected chi connectivity index (χ4v) is 6.01. The third kappa shape index (κ3) is 11.1. The number of hydrogen-bond acceptors (Lipinski definition) is 6. The molecule has 0 aromatic rings. The van der Waals surface area contributed by atoms with Gasteiger partial charge in [0.1, 0.15) is 11.5 Å². The van der Waals surface area contributed by atoms with Crippen molar-refractivity contribution in [3.63, 3.8) is 0 Å². The van der Waals surface area contributed by atoms with Crippen LogP contribution in [0.3, 0.4) is 0 Å². The summed E-state index contributed by atoms with van der Waals surface area (Å²) in [5, 5.41) is 23.8. The first-order chi connectivity index (χ1) is 22.8. The maximum atomic E-state index is 13.8. The van der Waals surface area contributed by atoms with Crippen LogP contribution in [0.15, 0.2) is 91.6 Å². The quantitative estimate of drug-likeness (QED) is 0.0619. The number of aliphatic hydroxyl groups excluding tert-OH is 2. The summed E-state index contributed by atoms with van der Waals surface area (Å²) in [6, 6.07) is 0. The molecule has 0 aromatic carbocycles. The predicted molar refractivity (Wildman–Crippen MR) is 196 cm³/mol. The van der Waals surface area contributed by atoms with E-state index in [0.29, 0.717) is 12.8 Å². The van der Waals surface area contributed by atoms with Crippen LogP contribution in [0.5, 0.6) is 0 Å². The third-order valence-electron chi connectivity index (χ3n) is 8.96. The number of unbranched alkanes of at least 4 members (excludes halogenated alkanes) is 4. The number of ketones is 4. The summed E-state index contributed by atoms with van der Waals surface area (Å²) in [5.74, 6) is -3.74. The van der Waals surface area contributed by atoms with E-state index in [1.807, 2.05) is 67.5 Å². The fourth-order valence-electron chi connectivity index (χ4n) is 6.01. The summed E-state index contributed by atoms with van der Waals surface area (Å²) in [7, 11) is 0. The second-order valence-corrected chi connectivity index (χ2v) is 13.7. The van der Waals surface area contributed by atoms with Gasteiger partial charge in [0.15, 0.2) is 0 Å². The van der Waals surface area contributed by atoms with Crippen LogP contribution >= 0.6 is 0 Å². The van der Waals surface area contributed by atoms with Crippen molar-refractivity contribution >= 4 is 23.1 Å². The zero-order chi connectivity index (χ0) is 36.0. The van der Waals surface area contributed by atoms with Crippen LogP contribution in [-0.2, 0) is 19.2 Å². The van der Waals surface area contributed by atoms with Crippen molar-refractivity contribution in [2.45, 2.75) is 145 Å². The van der Waals surface area contributed by atoms with Gasteiger partial charge in [0.25, 0.3) is 0 Å². The first-order valence-corrected chi connectivity index (χ1v) is 17.8. The summed E-state index contributed by atoms with van der Waals surface area (Å²) >= 11 is 0. The van der Waals surface area contributed by atoms with E-state index in [2.05, 4.69) is 12.2 Å². The number of aliphatic hydroxyl groups is 2. The van der Waals surface area contributed by atoms with Crippen molar-refractivity contribution in [2.24, 2.45) is 0 Å². The molecule has 48 heavy (non-hydrogen) atoms. The predicted octanol–water partition coefficient (Wildman–Crippen LogP) is 10.8. The molecule has 2 aliphatic rings. The Morgan fingerprint density at radius 1 is 0.500 bits per heavy atom. The van der Waals surface area contributed by atoms with Crippen LogP contribution in [0.1, 0.15) is 145 Å². The Labute approximate surface area is 288 Å². The van der Waals surface area contributed by atoms with Crippen LogP contribution in [0.4, 0.5) is 0 Å². The standard InChI is InChI=1S/C42H58O6/c1-9-11-13-21-31-35(37(43)33(41(47)39(31)45)25-23-29(7)19-15-17-27(3)4)36-32(22-14-12-10-2)40(46)42(48)34(38(36)44)26-24-30(8)20-16-18-28(5)6/h17-18,23-24,43-44H,9-16,19-22,25-26H2,1-8H3/b29-23+,30-24+. The SMILES string of the molecule is CCCCCC1=C(C2=C(CCCCC)C(=O)C(=O)C(C/C=C(\C)CCC=C(C)C)=C2O)C(O)=C(C/C=C(\C)CCC=C(C)C)C(=O)C1=O. The van der Waals surface area contributed by atoms with Crippen molar-refractivity contribution in [3.05, 3.63) is 91.6 Å². The first-order valence-electron chi connectivity index (χ1n) is 17.8. The molecule has 0 bridgehead atoms. The van der Waals surface area contributed by atoms with Gasteiger partial charge in [-0.2, -0.15) is 0 Å². The van der Waals surface area contributed by atoms with Crippen LogP contribution < -0.4 is 0 Å². The fraction of sp³-hybridized carbons (Fsp3) is 0.524. The molecule has 0 saturated carbocycles. The molecular formula is C42H58O6.